The van der Waals surface area contributed by atoms with E-state index in [1.54, 1.807) is 0 Å². The fourth-order valence-electron chi connectivity index (χ4n) is 6.40. The molecule has 1 aliphatic carbocycles. The Morgan fingerprint density at radius 2 is 1.69 bits per heavy atom. The van der Waals surface area contributed by atoms with E-state index >= 15 is 0 Å². The van der Waals surface area contributed by atoms with E-state index in [1.807, 2.05) is 0 Å². The van der Waals surface area contributed by atoms with Crippen LogP contribution in [0.15, 0.2) is 17.7 Å². The maximum atomic E-state index is 12.4. The van der Waals surface area contributed by atoms with Crippen molar-refractivity contribution in [2.24, 2.45) is 0 Å². The predicted octanol–water partition coefficient (Wildman–Crippen LogP) is 4.39. The molecule has 4 nitrogen and oxygen atoms in total. The number of aliphatic hydroxyl groups excluding tert-OH is 1. The molecule has 0 unspecified atom stereocenters. The first-order chi connectivity index (χ1) is 13.9. The van der Waals surface area contributed by atoms with Gasteiger partial charge in [0.2, 0.25) is 0 Å². The smallest absolute Gasteiger partial charge is 0.129 e. The van der Waals surface area contributed by atoms with Crippen LogP contribution in [0.1, 0.15) is 73.6 Å². The number of ether oxygens (including phenoxy) is 2. The standard InChI is InChI=1S/C25H36O4/c1-18-15-19(2)22(20(3)16-18)17-21-7-11-23(8-5-13-28-23)25(10-6-14-29-25)24(21,27)9-4-12-26/h15-17,26-27H,4-14H2,1-3H3/b21-17+/t23-,24+,25-/m0/s1. The van der Waals surface area contributed by atoms with Crippen LogP contribution in [0, 0.1) is 20.8 Å². The van der Waals surface area contributed by atoms with Crippen molar-refractivity contribution in [3.05, 3.63) is 40.0 Å². The van der Waals surface area contributed by atoms with Crippen LogP contribution >= 0.6 is 0 Å². The molecule has 29 heavy (non-hydrogen) atoms. The van der Waals surface area contributed by atoms with Crippen LogP contribution in [0.4, 0.5) is 0 Å². The molecule has 1 aromatic rings. The SMILES string of the molecule is Cc1cc(C)c(/C=C2\CC[C@@]3(CCCO3)[C@@]3(CCCO3)[C@@]2(O)CCCO)c(C)c1. The highest BCUT2D eigenvalue weighted by Crippen LogP contribution is 2.60. The molecule has 3 atom stereocenters. The van der Waals surface area contributed by atoms with Gasteiger partial charge in [0.25, 0.3) is 0 Å². The Balaban J connectivity index is 1.85. The van der Waals surface area contributed by atoms with Crippen LogP contribution < -0.4 is 0 Å². The third-order valence-electron chi connectivity index (χ3n) is 7.61. The van der Waals surface area contributed by atoms with Gasteiger partial charge in [0.15, 0.2) is 0 Å². The van der Waals surface area contributed by atoms with Gasteiger partial charge in [-0.1, -0.05) is 23.8 Å². The minimum atomic E-state index is -1.11. The van der Waals surface area contributed by atoms with Gasteiger partial charge in [0.05, 0.1) is 0 Å². The molecule has 0 amide bonds. The Morgan fingerprint density at radius 3 is 2.28 bits per heavy atom. The molecule has 2 saturated heterocycles. The van der Waals surface area contributed by atoms with Crippen LogP contribution in [-0.2, 0) is 9.47 Å². The number of benzene rings is 1. The minimum absolute atomic E-state index is 0.0715. The highest BCUT2D eigenvalue weighted by atomic mass is 16.6. The summed E-state index contributed by atoms with van der Waals surface area (Å²) >= 11 is 0. The van der Waals surface area contributed by atoms with Gasteiger partial charge in [-0.05, 0) is 94.4 Å². The lowest BCUT2D eigenvalue weighted by Crippen LogP contribution is -2.70. The molecule has 160 valence electrons. The fraction of sp³-hybridized carbons (Fsp3) is 0.680. The lowest BCUT2D eigenvalue weighted by molar-refractivity contribution is -0.257. The van der Waals surface area contributed by atoms with Crippen LogP contribution in [-0.4, -0.2) is 46.8 Å². The van der Waals surface area contributed by atoms with Gasteiger partial charge in [0.1, 0.15) is 16.8 Å². The van der Waals surface area contributed by atoms with E-state index in [1.165, 1.54) is 22.3 Å². The molecule has 0 bridgehead atoms. The summed E-state index contributed by atoms with van der Waals surface area (Å²) in [6.45, 7) is 7.90. The summed E-state index contributed by atoms with van der Waals surface area (Å²) in [5, 5.41) is 21.9. The zero-order valence-corrected chi connectivity index (χ0v) is 18.2. The van der Waals surface area contributed by atoms with Crippen molar-refractivity contribution in [2.75, 3.05) is 19.8 Å². The number of aliphatic hydroxyl groups is 2. The molecule has 2 aliphatic heterocycles. The first kappa shape index (κ1) is 21.0. The summed E-state index contributed by atoms with van der Waals surface area (Å²) in [6, 6.07) is 4.41. The molecule has 0 radical (unpaired) electrons. The molecule has 1 aromatic carbocycles. The second kappa shape index (κ2) is 7.81. The molecule has 1 saturated carbocycles. The Morgan fingerprint density at radius 1 is 1.00 bits per heavy atom. The Hall–Kier alpha value is -1.20. The number of hydrogen-bond acceptors (Lipinski definition) is 4. The van der Waals surface area contributed by atoms with Gasteiger partial charge in [-0.15, -0.1) is 0 Å². The maximum Gasteiger partial charge on any atom is 0.129 e. The molecule has 4 heteroatoms. The van der Waals surface area contributed by atoms with E-state index < -0.39 is 16.8 Å². The average molecular weight is 401 g/mol. The van der Waals surface area contributed by atoms with E-state index in [2.05, 4.69) is 39.0 Å². The zero-order valence-electron chi connectivity index (χ0n) is 18.2. The first-order valence-electron chi connectivity index (χ1n) is 11.3. The zero-order chi connectivity index (χ0) is 20.7. The predicted molar refractivity (Wildman–Crippen MR) is 115 cm³/mol. The maximum absolute atomic E-state index is 12.4. The van der Waals surface area contributed by atoms with Crippen LogP contribution in [0.3, 0.4) is 0 Å². The summed E-state index contributed by atoms with van der Waals surface area (Å²) in [5.74, 6) is 0. The van der Waals surface area contributed by atoms with Gasteiger partial charge in [0, 0.05) is 19.8 Å². The summed E-state index contributed by atoms with van der Waals surface area (Å²) in [7, 11) is 0. The third-order valence-corrected chi connectivity index (χ3v) is 7.61. The van der Waals surface area contributed by atoms with Crippen molar-refractivity contribution in [1.29, 1.82) is 0 Å². The largest absolute Gasteiger partial charge is 0.396 e. The minimum Gasteiger partial charge on any atom is -0.396 e. The normalized spacial score (nSPS) is 36.0. The van der Waals surface area contributed by atoms with E-state index in [9.17, 15) is 10.2 Å². The Labute approximate surface area is 174 Å². The average Bonchev–Trinajstić information content (AvgIpc) is 3.35. The molecular formula is C25H36O4. The number of hydrogen-bond donors (Lipinski definition) is 2. The summed E-state index contributed by atoms with van der Waals surface area (Å²) in [5.41, 5.74) is 3.75. The van der Waals surface area contributed by atoms with Crippen molar-refractivity contribution in [3.8, 4) is 0 Å². The lowest BCUT2D eigenvalue weighted by Gasteiger charge is -2.58. The highest BCUT2D eigenvalue weighted by Gasteiger charge is 2.69. The van der Waals surface area contributed by atoms with Gasteiger partial charge < -0.3 is 19.7 Å². The quantitative estimate of drug-likeness (QED) is 0.787. The summed E-state index contributed by atoms with van der Waals surface area (Å²) < 4.78 is 12.9. The second-order valence-electron chi connectivity index (χ2n) is 9.39. The fourth-order valence-corrected chi connectivity index (χ4v) is 6.40. The first-order valence-corrected chi connectivity index (χ1v) is 11.3. The van der Waals surface area contributed by atoms with Crippen molar-refractivity contribution in [2.45, 2.75) is 88.9 Å². The lowest BCUT2D eigenvalue weighted by atomic mass is 9.57. The number of rotatable bonds is 4. The van der Waals surface area contributed by atoms with Gasteiger partial charge in [-0.3, -0.25) is 0 Å². The van der Waals surface area contributed by atoms with Crippen molar-refractivity contribution in [3.63, 3.8) is 0 Å². The van der Waals surface area contributed by atoms with Crippen molar-refractivity contribution >= 4 is 6.08 Å². The number of fused-ring (bicyclic) bond motifs is 1. The van der Waals surface area contributed by atoms with E-state index in [-0.39, 0.29) is 6.61 Å². The third kappa shape index (κ3) is 3.20. The number of aryl methyl sites for hydroxylation is 3. The monoisotopic (exact) mass is 400 g/mol. The van der Waals surface area contributed by atoms with Crippen molar-refractivity contribution < 1.29 is 19.7 Å². The summed E-state index contributed by atoms with van der Waals surface area (Å²) in [6.07, 6.45) is 8.71. The van der Waals surface area contributed by atoms with Crippen LogP contribution in [0.5, 0.6) is 0 Å². The van der Waals surface area contributed by atoms with Crippen molar-refractivity contribution in [1.82, 2.24) is 0 Å². The molecule has 4 rings (SSSR count). The summed E-state index contributed by atoms with van der Waals surface area (Å²) in [4.78, 5) is 0. The van der Waals surface area contributed by atoms with Crippen LogP contribution in [0.25, 0.3) is 6.08 Å². The molecule has 2 heterocycles. The van der Waals surface area contributed by atoms with E-state index in [0.717, 1.165) is 50.7 Å². The van der Waals surface area contributed by atoms with Crippen LogP contribution in [0.2, 0.25) is 0 Å². The molecule has 3 fully saturated rings. The van der Waals surface area contributed by atoms with E-state index in [0.29, 0.717) is 19.4 Å². The van der Waals surface area contributed by atoms with Gasteiger partial charge in [-0.25, -0.2) is 0 Å². The molecule has 3 aliphatic rings. The highest BCUT2D eigenvalue weighted by molar-refractivity contribution is 5.63. The topological polar surface area (TPSA) is 58.9 Å². The Kier molecular flexibility index (Phi) is 5.67. The molecular weight excluding hydrogens is 364 g/mol. The molecule has 0 aromatic heterocycles. The molecule has 2 N–H and O–H groups in total. The van der Waals surface area contributed by atoms with Gasteiger partial charge in [-0.2, -0.15) is 0 Å². The Bertz CT molecular complexity index is 761. The molecule has 2 spiro atoms. The van der Waals surface area contributed by atoms with E-state index in [4.69, 9.17) is 9.47 Å². The van der Waals surface area contributed by atoms with Gasteiger partial charge >= 0.3 is 0 Å². The second-order valence-corrected chi connectivity index (χ2v) is 9.39.